The molecule has 1 aromatic rings. The van der Waals surface area contributed by atoms with Crippen molar-refractivity contribution in [1.82, 2.24) is 9.80 Å². The van der Waals surface area contributed by atoms with Crippen molar-refractivity contribution >= 4 is 5.91 Å². The van der Waals surface area contributed by atoms with Crippen LogP contribution in [0.25, 0.3) is 0 Å². The fraction of sp³-hybridized carbons (Fsp3) is 0.667. The van der Waals surface area contributed by atoms with Gasteiger partial charge in [-0.05, 0) is 44.6 Å². The van der Waals surface area contributed by atoms with Crippen LogP contribution in [0.4, 0.5) is 0 Å². The van der Waals surface area contributed by atoms with Gasteiger partial charge in [-0.25, -0.2) is 0 Å². The molecule has 112 valence electrons. The number of nitrogens with two attached hydrogens (primary N) is 1. The number of aryl methyl sites for hydroxylation is 1. The molecule has 1 aromatic heterocycles. The molecule has 1 saturated heterocycles. The fourth-order valence-electron chi connectivity index (χ4n) is 2.60. The van der Waals surface area contributed by atoms with Gasteiger partial charge in [0.1, 0.15) is 5.76 Å². The van der Waals surface area contributed by atoms with Gasteiger partial charge < -0.3 is 20.0 Å². The van der Waals surface area contributed by atoms with Crippen molar-refractivity contribution in [2.24, 2.45) is 5.73 Å². The van der Waals surface area contributed by atoms with Crippen LogP contribution in [0.15, 0.2) is 22.8 Å². The van der Waals surface area contributed by atoms with Crippen molar-refractivity contribution in [3.05, 3.63) is 24.2 Å². The van der Waals surface area contributed by atoms with E-state index in [1.807, 2.05) is 17.0 Å². The Hall–Kier alpha value is -1.33. The topological polar surface area (TPSA) is 62.7 Å². The lowest BCUT2D eigenvalue weighted by Gasteiger charge is -2.21. The van der Waals surface area contributed by atoms with Gasteiger partial charge in [0.25, 0.3) is 0 Å². The molecule has 0 aromatic carbocycles. The lowest BCUT2D eigenvalue weighted by atomic mass is 10.2. The van der Waals surface area contributed by atoms with E-state index >= 15 is 0 Å². The second kappa shape index (κ2) is 8.07. The van der Waals surface area contributed by atoms with Gasteiger partial charge in [0.15, 0.2) is 0 Å². The van der Waals surface area contributed by atoms with E-state index in [-0.39, 0.29) is 5.91 Å². The number of hydrogen-bond donors (Lipinski definition) is 1. The molecule has 0 bridgehead atoms. The Bertz CT molecular complexity index is 392. The van der Waals surface area contributed by atoms with Gasteiger partial charge in [0.05, 0.1) is 6.26 Å². The van der Waals surface area contributed by atoms with E-state index in [4.69, 9.17) is 10.2 Å². The van der Waals surface area contributed by atoms with Gasteiger partial charge in [-0.3, -0.25) is 4.79 Å². The number of furan rings is 1. The van der Waals surface area contributed by atoms with Crippen molar-refractivity contribution in [3.8, 4) is 0 Å². The molecule has 2 N–H and O–H groups in total. The minimum absolute atomic E-state index is 0.238. The third-order valence-electron chi connectivity index (χ3n) is 3.79. The lowest BCUT2D eigenvalue weighted by molar-refractivity contribution is -0.131. The molecule has 2 heterocycles. The first-order chi connectivity index (χ1) is 9.79. The van der Waals surface area contributed by atoms with Crippen molar-refractivity contribution in [1.29, 1.82) is 0 Å². The number of rotatable bonds is 6. The monoisotopic (exact) mass is 279 g/mol. The van der Waals surface area contributed by atoms with Crippen LogP contribution in [-0.2, 0) is 11.2 Å². The van der Waals surface area contributed by atoms with Crippen LogP contribution in [0.1, 0.15) is 25.0 Å². The second-order valence-electron chi connectivity index (χ2n) is 5.30. The number of carbonyl (C=O) groups excluding carboxylic acids is 1. The highest BCUT2D eigenvalue weighted by Crippen LogP contribution is 2.09. The maximum atomic E-state index is 12.2. The van der Waals surface area contributed by atoms with Crippen LogP contribution in [0.2, 0.25) is 0 Å². The smallest absolute Gasteiger partial charge is 0.223 e. The molecule has 20 heavy (non-hydrogen) atoms. The third-order valence-corrected chi connectivity index (χ3v) is 3.79. The molecule has 1 amide bonds. The molecule has 0 spiro atoms. The maximum absolute atomic E-state index is 12.2. The molecule has 1 aliphatic rings. The van der Waals surface area contributed by atoms with Crippen LogP contribution in [-0.4, -0.2) is 55.0 Å². The zero-order valence-corrected chi connectivity index (χ0v) is 12.1. The molecular formula is C15H25N3O2. The largest absolute Gasteiger partial charge is 0.469 e. The average Bonchev–Trinajstić information content (AvgIpc) is 2.87. The predicted molar refractivity (Wildman–Crippen MR) is 78.3 cm³/mol. The summed E-state index contributed by atoms with van der Waals surface area (Å²) in [6.45, 7) is 5.53. The number of hydrogen-bond acceptors (Lipinski definition) is 4. The van der Waals surface area contributed by atoms with Crippen LogP contribution in [0.3, 0.4) is 0 Å². The summed E-state index contributed by atoms with van der Waals surface area (Å²) < 4.78 is 5.27. The summed E-state index contributed by atoms with van der Waals surface area (Å²) in [6.07, 6.45) is 4.97. The van der Waals surface area contributed by atoms with Crippen LogP contribution in [0.5, 0.6) is 0 Å². The van der Waals surface area contributed by atoms with Crippen molar-refractivity contribution < 1.29 is 9.21 Å². The van der Waals surface area contributed by atoms with E-state index in [2.05, 4.69) is 4.90 Å². The molecule has 5 heteroatoms. The zero-order valence-electron chi connectivity index (χ0n) is 12.1. The van der Waals surface area contributed by atoms with E-state index in [0.29, 0.717) is 12.8 Å². The first-order valence-electron chi connectivity index (χ1n) is 7.52. The summed E-state index contributed by atoms with van der Waals surface area (Å²) in [5, 5.41) is 0. The van der Waals surface area contributed by atoms with Gasteiger partial charge in [-0.15, -0.1) is 0 Å². The second-order valence-corrected chi connectivity index (χ2v) is 5.30. The van der Waals surface area contributed by atoms with E-state index in [0.717, 1.165) is 57.9 Å². The van der Waals surface area contributed by atoms with Crippen LogP contribution < -0.4 is 5.73 Å². The minimum atomic E-state index is 0.238. The number of nitrogens with zero attached hydrogens (tertiary/aromatic N) is 2. The van der Waals surface area contributed by atoms with E-state index < -0.39 is 0 Å². The Kier molecular flexibility index (Phi) is 6.08. The molecule has 0 saturated carbocycles. The maximum Gasteiger partial charge on any atom is 0.223 e. The highest BCUT2D eigenvalue weighted by atomic mass is 16.3. The van der Waals surface area contributed by atoms with Crippen LogP contribution >= 0.6 is 0 Å². The number of amides is 1. The summed E-state index contributed by atoms with van der Waals surface area (Å²) in [6, 6.07) is 3.78. The molecule has 1 aliphatic heterocycles. The Balaban J connectivity index is 1.73. The average molecular weight is 279 g/mol. The molecule has 0 atom stereocenters. The molecule has 5 nitrogen and oxygen atoms in total. The Morgan fingerprint density at radius 1 is 1.30 bits per heavy atom. The van der Waals surface area contributed by atoms with E-state index in [1.165, 1.54) is 0 Å². The van der Waals surface area contributed by atoms with Crippen molar-refractivity contribution in [2.45, 2.75) is 25.7 Å². The van der Waals surface area contributed by atoms with Gasteiger partial charge in [0.2, 0.25) is 5.91 Å². The van der Waals surface area contributed by atoms with Gasteiger partial charge in [-0.2, -0.15) is 0 Å². The number of carbonyl (C=O) groups is 1. The summed E-state index contributed by atoms with van der Waals surface area (Å²) >= 11 is 0. The Morgan fingerprint density at radius 3 is 2.95 bits per heavy atom. The summed E-state index contributed by atoms with van der Waals surface area (Å²) in [5.74, 6) is 1.12. The third kappa shape index (κ3) is 4.65. The first-order valence-corrected chi connectivity index (χ1v) is 7.52. The standard InChI is InChI=1S/C15H25N3O2/c16-7-2-8-17-9-3-10-18(12-11-17)15(19)6-5-14-4-1-13-20-14/h1,4,13H,2-3,5-12,16H2. The van der Waals surface area contributed by atoms with E-state index in [1.54, 1.807) is 6.26 Å². The lowest BCUT2D eigenvalue weighted by Crippen LogP contribution is -2.35. The molecule has 0 aliphatic carbocycles. The van der Waals surface area contributed by atoms with Crippen LogP contribution in [0, 0.1) is 0 Å². The van der Waals surface area contributed by atoms with Gasteiger partial charge in [0, 0.05) is 32.5 Å². The van der Waals surface area contributed by atoms with Gasteiger partial charge in [-0.1, -0.05) is 0 Å². The predicted octanol–water partition coefficient (Wildman–Crippen LogP) is 1.10. The first kappa shape index (κ1) is 15.1. The minimum Gasteiger partial charge on any atom is -0.469 e. The molecule has 0 unspecified atom stereocenters. The Morgan fingerprint density at radius 2 is 2.20 bits per heavy atom. The Labute approximate surface area is 120 Å². The summed E-state index contributed by atoms with van der Waals surface area (Å²) in [4.78, 5) is 16.6. The van der Waals surface area contributed by atoms with Crippen molar-refractivity contribution in [2.75, 3.05) is 39.3 Å². The zero-order chi connectivity index (χ0) is 14.2. The SMILES string of the molecule is NCCCN1CCCN(C(=O)CCc2ccco2)CC1. The summed E-state index contributed by atoms with van der Waals surface area (Å²) in [5.41, 5.74) is 5.55. The highest BCUT2D eigenvalue weighted by molar-refractivity contribution is 5.76. The molecule has 1 fully saturated rings. The van der Waals surface area contributed by atoms with Crippen molar-refractivity contribution in [3.63, 3.8) is 0 Å². The highest BCUT2D eigenvalue weighted by Gasteiger charge is 2.18. The molecular weight excluding hydrogens is 254 g/mol. The quantitative estimate of drug-likeness (QED) is 0.847. The molecule has 0 radical (unpaired) electrons. The van der Waals surface area contributed by atoms with Gasteiger partial charge >= 0.3 is 0 Å². The summed E-state index contributed by atoms with van der Waals surface area (Å²) in [7, 11) is 0. The fourth-order valence-corrected chi connectivity index (χ4v) is 2.60. The van der Waals surface area contributed by atoms with E-state index in [9.17, 15) is 4.79 Å². The molecule has 2 rings (SSSR count). The normalized spacial score (nSPS) is 17.1.